The zero-order chi connectivity index (χ0) is 22.8. The smallest absolute Gasteiger partial charge is 0.327 e. The number of nitrogens with one attached hydrogen (secondary N) is 2. The van der Waals surface area contributed by atoms with Gasteiger partial charge < -0.3 is 32.1 Å². The molecule has 0 spiro atoms. The third kappa shape index (κ3) is 7.69. The molecule has 13 heteroatoms. The van der Waals surface area contributed by atoms with E-state index in [1.165, 1.54) is 16.7 Å². The van der Waals surface area contributed by atoms with Crippen LogP contribution in [0.3, 0.4) is 0 Å². The number of thiol groups is 1. The van der Waals surface area contributed by atoms with Crippen LogP contribution in [0.4, 0.5) is 0 Å². The molecule has 0 aromatic heterocycles. The predicted molar refractivity (Wildman–Crippen MR) is 115 cm³/mol. The summed E-state index contributed by atoms with van der Waals surface area (Å²) in [6, 6.07) is -4.24. The summed E-state index contributed by atoms with van der Waals surface area (Å²) in [6.07, 6.45) is 2.64. The summed E-state index contributed by atoms with van der Waals surface area (Å²) < 4.78 is 0. The number of carbonyl (C=O) groups excluding carboxylic acids is 4. The number of thioether (sulfide) groups is 1. The van der Waals surface area contributed by atoms with E-state index in [0.29, 0.717) is 25.0 Å². The number of amides is 4. The lowest BCUT2D eigenvalue weighted by molar-refractivity contribution is -0.145. The van der Waals surface area contributed by atoms with Crippen molar-refractivity contribution >= 4 is 54.0 Å². The Morgan fingerprint density at radius 3 is 2.43 bits per heavy atom. The molecule has 7 N–H and O–H groups in total. The number of aliphatic carboxylic acids is 1. The van der Waals surface area contributed by atoms with Crippen LogP contribution in [0.1, 0.15) is 25.7 Å². The molecule has 1 rings (SSSR count). The first-order valence-electron chi connectivity index (χ1n) is 9.40. The number of hydrogen-bond donors (Lipinski definition) is 6. The Kier molecular flexibility index (Phi) is 11.0. The van der Waals surface area contributed by atoms with Crippen molar-refractivity contribution < 1.29 is 29.1 Å². The molecule has 11 nitrogen and oxygen atoms in total. The Morgan fingerprint density at radius 1 is 1.23 bits per heavy atom. The van der Waals surface area contributed by atoms with Gasteiger partial charge in [0.15, 0.2) is 0 Å². The molecule has 1 aliphatic heterocycles. The highest BCUT2D eigenvalue weighted by Crippen LogP contribution is 2.19. The minimum absolute atomic E-state index is 0.115. The highest BCUT2D eigenvalue weighted by Gasteiger charge is 2.39. The van der Waals surface area contributed by atoms with Crippen LogP contribution in [0.5, 0.6) is 0 Å². The van der Waals surface area contributed by atoms with Gasteiger partial charge in [0.25, 0.3) is 0 Å². The lowest BCUT2D eigenvalue weighted by Crippen LogP contribution is -2.57. The van der Waals surface area contributed by atoms with E-state index in [-0.39, 0.29) is 12.3 Å². The lowest BCUT2D eigenvalue weighted by atomic mass is 10.1. The maximum Gasteiger partial charge on any atom is 0.327 e. The van der Waals surface area contributed by atoms with E-state index in [1.807, 2.05) is 6.26 Å². The summed E-state index contributed by atoms with van der Waals surface area (Å²) >= 11 is 5.41. The van der Waals surface area contributed by atoms with Crippen molar-refractivity contribution in [2.75, 3.05) is 24.3 Å². The van der Waals surface area contributed by atoms with E-state index < -0.39 is 60.2 Å². The first-order valence-corrected chi connectivity index (χ1v) is 11.4. The Hall–Kier alpha value is -1.99. The van der Waals surface area contributed by atoms with Gasteiger partial charge in [0.2, 0.25) is 23.6 Å². The maximum atomic E-state index is 13.0. The number of carboxylic acids is 1. The van der Waals surface area contributed by atoms with Crippen LogP contribution in [0, 0.1) is 0 Å². The van der Waals surface area contributed by atoms with Gasteiger partial charge in [-0.05, 0) is 31.3 Å². The van der Waals surface area contributed by atoms with E-state index in [1.54, 1.807) is 0 Å². The summed E-state index contributed by atoms with van der Waals surface area (Å²) in [5, 5.41) is 13.9. The second kappa shape index (κ2) is 12.6. The Bertz CT molecular complexity index is 665. The zero-order valence-corrected chi connectivity index (χ0v) is 18.4. The molecule has 1 saturated heterocycles. The molecule has 0 aliphatic carbocycles. The first kappa shape index (κ1) is 26.0. The highest BCUT2D eigenvalue weighted by atomic mass is 32.2. The molecule has 1 aliphatic rings. The van der Waals surface area contributed by atoms with Crippen LogP contribution in [-0.2, 0) is 24.0 Å². The summed E-state index contributed by atoms with van der Waals surface area (Å²) in [5.74, 6) is -3.38. The number of likely N-dealkylation sites (tertiary alicyclic amines) is 1. The maximum absolute atomic E-state index is 13.0. The van der Waals surface area contributed by atoms with E-state index in [9.17, 15) is 24.0 Å². The topological polar surface area (TPSA) is 185 Å². The van der Waals surface area contributed by atoms with Gasteiger partial charge in [0, 0.05) is 12.3 Å². The van der Waals surface area contributed by atoms with Crippen LogP contribution in [0.2, 0.25) is 0 Å². The number of rotatable bonds is 12. The van der Waals surface area contributed by atoms with Gasteiger partial charge in [-0.15, -0.1) is 0 Å². The van der Waals surface area contributed by atoms with Crippen LogP contribution in [-0.4, -0.2) is 88.1 Å². The fraction of sp³-hybridized carbons (Fsp3) is 0.706. The van der Waals surface area contributed by atoms with Crippen molar-refractivity contribution in [1.82, 2.24) is 15.5 Å². The van der Waals surface area contributed by atoms with Gasteiger partial charge in [-0.3, -0.25) is 19.2 Å². The number of carboxylic acid groups (broad SMARTS) is 1. The third-order valence-corrected chi connectivity index (χ3v) is 5.63. The van der Waals surface area contributed by atoms with E-state index in [4.69, 9.17) is 16.6 Å². The molecule has 0 bridgehead atoms. The molecule has 4 unspecified atom stereocenters. The molecule has 4 amide bonds. The highest BCUT2D eigenvalue weighted by molar-refractivity contribution is 7.98. The largest absolute Gasteiger partial charge is 0.480 e. The number of nitrogens with zero attached hydrogens (tertiary/aromatic N) is 1. The quantitative estimate of drug-likeness (QED) is 0.178. The second-order valence-corrected chi connectivity index (χ2v) is 8.24. The number of hydrogen-bond acceptors (Lipinski definition) is 8. The minimum atomic E-state index is -1.26. The van der Waals surface area contributed by atoms with Gasteiger partial charge in [-0.2, -0.15) is 24.4 Å². The molecular weight excluding hydrogens is 434 g/mol. The lowest BCUT2D eigenvalue weighted by Gasteiger charge is -2.29. The van der Waals surface area contributed by atoms with Gasteiger partial charge in [-0.25, -0.2) is 4.79 Å². The van der Waals surface area contributed by atoms with Crippen molar-refractivity contribution in [2.45, 2.75) is 49.9 Å². The molecule has 30 heavy (non-hydrogen) atoms. The molecule has 0 saturated carbocycles. The third-order valence-electron chi connectivity index (χ3n) is 4.63. The fourth-order valence-corrected chi connectivity index (χ4v) is 3.75. The summed E-state index contributed by atoms with van der Waals surface area (Å²) in [4.78, 5) is 61.6. The van der Waals surface area contributed by atoms with Crippen molar-refractivity contribution in [3.63, 3.8) is 0 Å². The summed E-state index contributed by atoms with van der Waals surface area (Å²) in [5.41, 5.74) is 11.0. The minimum Gasteiger partial charge on any atom is -0.480 e. The predicted octanol–water partition coefficient (Wildman–Crippen LogP) is -2.08. The monoisotopic (exact) mass is 463 g/mol. The van der Waals surface area contributed by atoms with E-state index in [2.05, 4.69) is 23.3 Å². The fourth-order valence-electron chi connectivity index (χ4n) is 3.01. The molecule has 170 valence electrons. The number of nitrogens with two attached hydrogens (primary N) is 2. The molecular formula is C17H29N5O6S2. The molecule has 1 heterocycles. The zero-order valence-electron chi connectivity index (χ0n) is 16.7. The van der Waals surface area contributed by atoms with Gasteiger partial charge in [0.1, 0.15) is 18.1 Å². The number of primary amides is 1. The number of carbonyl (C=O) groups is 5. The summed E-state index contributed by atoms with van der Waals surface area (Å²) in [7, 11) is 0. The van der Waals surface area contributed by atoms with Crippen molar-refractivity contribution in [3.05, 3.63) is 0 Å². The SMILES string of the molecule is CSCCC(N)C(=O)NC(CC(N)=O)C(=O)N1CCCC1C(=O)NC(CS)C(=O)O. The molecule has 0 radical (unpaired) electrons. The standard InChI is InChI=1S/C17H29N5O6S2/c1-30-6-4-9(18)14(24)20-10(7-13(19)23)16(26)22-5-2-3-12(22)15(25)21-11(8-29)17(27)28/h9-12,29H,2-8,18H2,1H3,(H2,19,23)(H,20,24)(H,21,25)(H,27,28). The van der Waals surface area contributed by atoms with E-state index in [0.717, 1.165) is 0 Å². The van der Waals surface area contributed by atoms with Gasteiger partial charge in [0.05, 0.1) is 12.5 Å². The van der Waals surface area contributed by atoms with Crippen LogP contribution in [0.15, 0.2) is 0 Å². The average Bonchev–Trinajstić information content (AvgIpc) is 3.18. The molecule has 4 atom stereocenters. The van der Waals surface area contributed by atoms with E-state index >= 15 is 0 Å². The van der Waals surface area contributed by atoms with Crippen LogP contribution in [0.25, 0.3) is 0 Å². The molecule has 1 fully saturated rings. The van der Waals surface area contributed by atoms with Gasteiger partial charge >= 0.3 is 5.97 Å². The Balaban J connectivity index is 2.90. The normalized spacial score (nSPS) is 18.9. The van der Waals surface area contributed by atoms with Crippen molar-refractivity contribution in [2.24, 2.45) is 11.5 Å². The van der Waals surface area contributed by atoms with Gasteiger partial charge in [-0.1, -0.05) is 0 Å². The molecule has 0 aromatic carbocycles. The average molecular weight is 464 g/mol. The van der Waals surface area contributed by atoms with Crippen LogP contribution < -0.4 is 22.1 Å². The Morgan fingerprint density at radius 2 is 1.90 bits per heavy atom. The molecule has 0 aromatic rings. The summed E-state index contributed by atoms with van der Waals surface area (Å²) in [6.45, 7) is 0.221. The van der Waals surface area contributed by atoms with Crippen molar-refractivity contribution in [3.8, 4) is 0 Å². The second-order valence-electron chi connectivity index (χ2n) is 6.89. The first-order chi connectivity index (χ1) is 14.1. The Labute approximate surface area is 184 Å². The van der Waals surface area contributed by atoms with Crippen molar-refractivity contribution in [1.29, 1.82) is 0 Å². The van der Waals surface area contributed by atoms with Crippen LogP contribution >= 0.6 is 24.4 Å².